The van der Waals surface area contributed by atoms with E-state index in [0.717, 1.165) is 16.6 Å². The third kappa shape index (κ3) is 3.14. The average molecular weight is 373 g/mol. The van der Waals surface area contributed by atoms with Crippen molar-refractivity contribution in [2.24, 2.45) is 0 Å². The van der Waals surface area contributed by atoms with E-state index in [-0.39, 0.29) is 5.69 Å². The van der Waals surface area contributed by atoms with E-state index in [4.69, 9.17) is 9.84 Å². The lowest BCUT2D eigenvalue weighted by Crippen LogP contribution is -2.09. The second-order valence-corrected chi connectivity index (χ2v) is 6.51. The lowest BCUT2D eigenvalue weighted by molar-refractivity contribution is 0.0593. The van der Waals surface area contributed by atoms with E-state index >= 15 is 0 Å². The van der Waals surface area contributed by atoms with Gasteiger partial charge in [-0.25, -0.2) is 14.3 Å². The van der Waals surface area contributed by atoms with Crippen molar-refractivity contribution in [2.45, 2.75) is 13.0 Å². The van der Waals surface area contributed by atoms with Gasteiger partial charge in [-0.2, -0.15) is 5.10 Å². The van der Waals surface area contributed by atoms with Crippen LogP contribution in [0, 0.1) is 6.92 Å². The van der Waals surface area contributed by atoms with Crippen molar-refractivity contribution in [3.05, 3.63) is 89.4 Å². The number of nitrogens with zero attached hydrogens (tertiary/aromatic N) is 3. The molecule has 6 heteroatoms. The first-order valence-corrected chi connectivity index (χ1v) is 8.86. The first-order chi connectivity index (χ1) is 13.6. The zero-order valence-corrected chi connectivity index (χ0v) is 15.5. The zero-order valence-electron chi connectivity index (χ0n) is 15.5. The Morgan fingerprint density at radius 3 is 2.61 bits per heavy atom. The SMILES string of the molecule is COC(=O)c1cccc(C(O)c2c(-c3ccccc3)nn3cc(C)ccc23)n1. The third-order valence-corrected chi connectivity index (χ3v) is 4.58. The molecule has 0 aliphatic heterocycles. The highest BCUT2D eigenvalue weighted by Crippen LogP contribution is 2.34. The van der Waals surface area contributed by atoms with Crippen LogP contribution < -0.4 is 0 Å². The van der Waals surface area contributed by atoms with Gasteiger partial charge in [-0.3, -0.25) is 0 Å². The number of methoxy groups -OCH3 is 1. The summed E-state index contributed by atoms with van der Waals surface area (Å²) in [6.45, 7) is 1.99. The average Bonchev–Trinajstić information content (AvgIpc) is 3.11. The molecule has 4 rings (SSSR count). The van der Waals surface area contributed by atoms with E-state index in [9.17, 15) is 9.90 Å². The highest BCUT2D eigenvalue weighted by Gasteiger charge is 2.24. The smallest absolute Gasteiger partial charge is 0.356 e. The number of carbonyl (C=O) groups is 1. The summed E-state index contributed by atoms with van der Waals surface area (Å²) in [5.74, 6) is -0.548. The Hall–Kier alpha value is -3.51. The Balaban J connectivity index is 1.91. The Kier molecular flexibility index (Phi) is 4.63. The molecule has 0 aliphatic rings. The molecule has 4 aromatic rings. The molecule has 28 heavy (non-hydrogen) atoms. The van der Waals surface area contributed by atoms with Crippen molar-refractivity contribution in [3.63, 3.8) is 0 Å². The van der Waals surface area contributed by atoms with Gasteiger partial charge in [-0.1, -0.05) is 42.5 Å². The highest BCUT2D eigenvalue weighted by molar-refractivity contribution is 5.87. The summed E-state index contributed by atoms with van der Waals surface area (Å²) in [7, 11) is 1.30. The van der Waals surface area contributed by atoms with Gasteiger partial charge in [-0.15, -0.1) is 0 Å². The second-order valence-electron chi connectivity index (χ2n) is 6.51. The minimum Gasteiger partial charge on any atom is -0.464 e. The topological polar surface area (TPSA) is 76.7 Å². The summed E-state index contributed by atoms with van der Waals surface area (Å²) in [5, 5.41) is 15.9. The lowest BCUT2D eigenvalue weighted by atomic mass is 9.99. The van der Waals surface area contributed by atoms with Crippen LogP contribution in [0.3, 0.4) is 0 Å². The van der Waals surface area contributed by atoms with Crippen molar-refractivity contribution < 1.29 is 14.6 Å². The summed E-state index contributed by atoms with van der Waals surface area (Å²) in [6.07, 6.45) is 0.857. The fourth-order valence-electron chi connectivity index (χ4n) is 3.22. The number of ether oxygens (including phenoxy) is 1. The number of aromatic nitrogens is 3. The molecule has 3 aromatic heterocycles. The van der Waals surface area contributed by atoms with Crippen molar-refractivity contribution >= 4 is 11.5 Å². The lowest BCUT2D eigenvalue weighted by Gasteiger charge is -2.12. The van der Waals surface area contributed by atoms with E-state index in [1.807, 2.05) is 55.6 Å². The quantitative estimate of drug-likeness (QED) is 0.554. The number of aliphatic hydroxyl groups excluding tert-OH is 1. The predicted molar refractivity (Wildman–Crippen MR) is 105 cm³/mol. The molecular weight excluding hydrogens is 354 g/mol. The van der Waals surface area contributed by atoms with Gasteiger partial charge in [0, 0.05) is 17.3 Å². The Bertz CT molecular complexity index is 1150. The monoisotopic (exact) mass is 373 g/mol. The molecule has 0 aliphatic carbocycles. The standard InChI is InChI=1S/C22H19N3O3/c1-14-11-12-18-19(20(24-25(18)13-14)15-7-4-3-5-8-15)21(26)16-9-6-10-17(23-16)22(27)28-2/h3-13,21,26H,1-2H3. The summed E-state index contributed by atoms with van der Waals surface area (Å²) >= 11 is 0. The van der Waals surface area contributed by atoms with Gasteiger partial charge in [0.2, 0.25) is 0 Å². The first-order valence-electron chi connectivity index (χ1n) is 8.86. The normalized spacial score (nSPS) is 12.1. The van der Waals surface area contributed by atoms with Gasteiger partial charge in [0.25, 0.3) is 0 Å². The fourth-order valence-corrected chi connectivity index (χ4v) is 3.22. The van der Waals surface area contributed by atoms with E-state index in [1.165, 1.54) is 7.11 Å². The highest BCUT2D eigenvalue weighted by atomic mass is 16.5. The van der Waals surface area contributed by atoms with Crippen molar-refractivity contribution in [2.75, 3.05) is 7.11 Å². The van der Waals surface area contributed by atoms with Crippen LogP contribution in [-0.4, -0.2) is 32.8 Å². The Labute approximate surface area is 162 Å². The number of carbonyl (C=O) groups excluding carboxylic acids is 1. The molecule has 140 valence electrons. The number of fused-ring (bicyclic) bond motifs is 1. The Morgan fingerprint density at radius 1 is 1.07 bits per heavy atom. The van der Waals surface area contributed by atoms with E-state index in [0.29, 0.717) is 17.0 Å². The molecule has 1 N–H and O–H groups in total. The first kappa shape index (κ1) is 17.9. The van der Waals surface area contributed by atoms with Gasteiger partial charge in [0.1, 0.15) is 11.8 Å². The van der Waals surface area contributed by atoms with Crippen LogP contribution in [0.4, 0.5) is 0 Å². The summed E-state index contributed by atoms with van der Waals surface area (Å²) in [4.78, 5) is 16.1. The Morgan fingerprint density at radius 2 is 1.86 bits per heavy atom. The molecule has 0 saturated heterocycles. The molecule has 0 bridgehead atoms. The number of esters is 1. The molecule has 6 nitrogen and oxygen atoms in total. The molecule has 1 atom stereocenters. The second kappa shape index (κ2) is 7.25. The van der Waals surface area contributed by atoms with Crippen LogP contribution in [0.1, 0.15) is 33.4 Å². The molecule has 0 spiro atoms. The van der Waals surface area contributed by atoms with Crippen LogP contribution >= 0.6 is 0 Å². The number of hydrogen-bond acceptors (Lipinski definition) is 5. The van der Waals surface area contributed by atoms with Crippen LogP contribution in [-0.2, 0) is 4.74 Å². The fraction of sp³-hybridized carbons (Fsp3) is 0.136. The van der Waals surface area contributed by atoms with Crippen LogP contribution in [0.25, 0.3) is 16.8 Å². The predicted octanol–water partition coefficient (Wildman–Crippen LogP) is 3.57. The largest absolute Gasteiger partial charge is 0.464 e. The maximum Gasteiger partial charge on any atom is 0.356 e. The molecule has 0 radical (unpaired) electrons. The van der Waals surface area contributed by atoms with Crippen molar-refractivity contribution in [3.8, 4) is 11.3 Å². The molecule has 0 saturated carbocycles. The number of hydrogen-bond donors (Lipinski definition) is 1. The van der Waals surface area contributed by atoms with Crippen molar-refractivity contribution in [1.29, 1.82) is 0 Å². The number of aliphatic hydroxyl groups is 1. The van der Waals surface area contributed by atoms with E-state index < -0.39 is 12.1 Å². The van der Waals surface area contributed by atoms with Gasteiger partial charge in [0.05, 0.1) is 24.0 Å². The minimum atomic E-state index is -1.06. The third-order valence-electron chi connectivity index (χ3n) is 4.58. The van der Waals surface area contributed by atoms with Gasteiger partial charge in [0.15, 0.2) is 0 Å². The molecule has 0 fully saturated rings. The minimum absolute atomic E-state index is 0.146. The summed E-state index contributed by atoms with van der Waals surface area (Å²) < 4.78 is 6.50. The number of aryl methyl sites for hydroxylation is 1. The van der Waals surface area contributed by atoms with Gasteiger partial charge < -0.3 is 9.84 Å². The molecule has 1 aromatic carbocycles. The maximum atomic E-state index is 11.8. The molecular formula is C22H19N3O3. The van der Waals surface area contributed by atoms with Gasteiger partial charge >= 0.3 is 5.97 Å². The van der Waals surface area contributed by atoms with Crippen LogP contribution in [0.15, 0.2) is 66.9 Å². The maximum absolute atomic E-state index is 11.8. The zero-order chi connectivity index (χ0) is 19.7. The van der Waals surface area contributed by atoms with E-state index in [2.05, 4.69) is 4.98 Å². The van der Waals surface area contributed by atoms with Gasteiger partial charge in [-0.05, 0) is 30.7 Å². The van der Waals surface area contributed by atoms with Crippen LogP contribution in [0.5, 0.6) is 0 Å². The molecule has 3 heterocycles. The number of rotatable bonds is 4. The van der Waals surface area contributed by atoms with Crippen LogP contribution in [0.2, 0.25) is 0 Å². The van der Waals surface area contributed by atoms with Crippen molar-refractivity contribution in [1.82, 2.24) is 14.6 Å². The molecule has 1 unspecified atom stereocenters. The molecule has 0 amide bonds. The van der Waals surface area contributed by atoms with E-state index in [1.54, 1.807) is 22.7 Å². The summed E-state index contributed by atoms with van der Waals surface area (Å²) in [6, 6.07) is 18.5. The number of benzene rings is 1. The number of pyridine rings is 2. The summed E-state index contributed by atoms with van der Waals surface area (Å²) in [5.41, 5.74) is 4.54.